The summed E-state index contributed by atoms with van der Waals surface area (Å²) in [7, 11) is 3.26. The molecule has 2 saturated carbocycles. The monoisotopic (exact) mass is 1310 g/mol. The van der Waals surface area contributed by atoms with Crippen LogP contribution < -0.4 is 18.9 Å². The van der Waals surface area contributed by atoms with Crippen LogP contribution >= 0.6 is 0 Å². The molecule has 0 heterocycles. The van der Waals surface area contributed by atoms with Gasteiger partial charge in [0.05, 0.1) is 86.2 Å². The van der Waals surface area contributed by atoms with Crippen molar-refractivity contribution in [2.24, 2.45) is 11.8 Å². The Labute approximate surface area is 567 Å². The largest absolute Gasteiger partial charge is 0.497 e. The molecule has 3 aromatic carbocycles. The van der Waals surface area contributed by atoms with Gasteiger partial charge in [-0.1, -0.05) is 135 Å². The van der Waals surface area contributed by atoms with Crippen LogP contribution in [0.5, 0.6) is 23.0 Å². The molecule has 2 fully saturated rings. The first-order valence-electron chi connectivity index (χ1n) is 37.0. The van der Waals surface area contributed by atoms with E-state index in [-0.39, 0.29) is 56.2 Å². The van der Waals surface area contributed by atoms with E-state index in [0.717, 1.165) is 144 Å². The van der Waals surface area contributed by atoms with Crippen LogP contribution in [0.2, 0.25) is 0 Å². The molecule has 0 aromatic heterocycles. The standard InChI is InChI=1S/C32H52O5.C31H50O9.C16H24O/c1-3-5-6-7-11-25-36-31(33)22-23-32(34)37-26-12-9-8-10-24-35-30-20-18-29(19-21-30)28-16-14-27(13-4-2)15-17-28;1-3-4-5-7-13-22-38-29(33)18-19-30(34)39-23-14-10-9-12-21-37-28-17-16-26(36-2)25-27(28)31(35)40-24-15-8-6-11-20-32;1-3-4-13-5-7-14(8-6-13)15-9-11-16(17-2)12-10-15/h18-21,27-28H,3-17,22-26H2,1-2H3;16-17,25,32H,3-15,18-24H2,1-2H3;9-14H,3-8H2,1-2H3. The van der Waals surface area contributed by atoms with Gasteiger partial charge in [0, 0.05) is 6.61 Å². The summed E-state index contributed by atoms with van der Waals surface area (Å²) in [6, 6.07) is 22.5. The van der Waals surface area contributed by atoms with Crippen molar-refractivity contribution < 1.29 is 71.7 Å². The third-order valence-corrected chi connectivity index (χ3v) is 17.9. The molecule has 2 aliphatic carbocycles. The summed E-state index contributed by atoms with van der Waals surface area (Å²) in [5, 5.41) is 8.83. The molecule has 0 atom stereocenters. The summed E-state index contributed by atoms with van der Waals surface area (Å²) in [6.45, 7) is 12.2. The van der Waals surface area contributed by atoms with Gasteiger partial charge in [0.25, 0.3) is 0 Å². The minimum Gasteiger partial charge on any atom is -0.497 e. The van der Waals surface area contributed by atoms with Gasteiger partial charge in [-0.25, -0.2) is 4.79 Å². The van der Waals surface area contributed by atoms with Gasteiger partial charge in [0.15, 0.2) is 0 Å². The third kappa shape index (κ3) is 39.9. The summed E-state index contributed by atoms with van der Waals surface area (Å²) in [5.74, 6) is 4.55. The van der Waals surface area contributed by atoms with Gasteiger partial charge < -0.3 is 47.7 Å². The quantitative estimate of drug-likeness (QED) is 0.0319. The molecule has 94 heavy (non-hydrogen) atoms. The highest BCUT2D eigenvalue weighted by molar-refractivity contribution is 5.93. The SMILES string of the molecule is CCCC1CCC(c2ccc(OC)cc2)CC1.CCCCCCCOC(=O)CCC(=O)OCCCCCCOc1ccc(C2CCC(CCC)CC2)cc1.CCCCCCCOC(=O)CCC(=O)OCCCCCCOc1ccc(OC)cc1C(=O)OCCCCCCO. The van der Waals surface area contributed by atoms with E-state index in [2.05, 4.69) is 76.2 Å². The number of carbonyl (C=O) groups excluding carboxylic acids is 5. The van der Waals surface area contributed by atoms with Crippen LogP contribution in [0, 0.1) is 11.8 Å². The second-order valence-electron chi connectivity index (χ2n) is 25.7. The zero-order valence-electron chi connectivity index (χ0n) is 59.3. The summed E-state index contributed by atoms with van der Waals surface area (Å²) in [4.78, 5) is 59.6. The van der Waals surface area contributed by atoms with Crippen LogP contribution in [-0.2, 0) is 42.9 Å². The zero-order valence-corrected chi connectivity index (χ0v) is 59.3. The molecule has 15 nitrogen and oxygen atoms in total. The molecule has 0 bridgehead atoms. The number of unbranched alkanes of at least 4 members (excludes halogenated alkanes) is 17. The van der Waals surface area contributed by atoms with Crippen LogP contribution in [0.3, 0.4) is 0 Å². The number of carbonyl (C=O) groups is 5. The normalized spacial score (nSPS) is 15.8. The van der Waals surface area contributed by atoms with Gasteiger partial charge in [-0.3, -0.25) is 19.2 Å². The maximum atomic E-state index is 12.6. The molecule has 0 spiro atoms. The van der Waals surface area contributed by atoms with E-state index in [4.69, 9.17) is 47.7 Å². The summed E-state index contributed by atoms with van der Waals surface area (Å²) >= 11 is 0. The van der Waals surface area contributed by atoms with Crippen molar-refractivity contribution in [1.29, 1.82) is 0 Å². The summed E-state index contributed by atoms with van der Waals surface area (Å²) in [5.41, 5.74) is 3.30. The molecule has 2 aliphatic rings. The zero-order chi connectivity index (χ0) is 67.9. The average molecular weight is 1320 g/mol. The first kappa shape index (κ1) is 82.4. The topological polar surface area (TPSA) is 189 Å². The number of esters is 5. The predicted octanol–water partition coefficient (Wildman–Crippen LogP) is 19.5. The third-order valence-electron chi connectivity index (χ3n) is 17.9. The molecule has 15 heteroatoms. The van der Waals surface area contributed by atoms with Gasteiger partial charge >= 0.3 is 29.8 Å². The van der Waals surface area contributed by atoms with E-state index >= 15 is 0 Å². The Bertz CT molecular complexity index is 2370. The van der Waals surface area contributed by atoms with Crippen molar-refractivity contribution in [2.75, 3.05) is 67.1 Å². The number of aliphatic hydroxyl groups excluding tert-OH is 1. The fourth-order valence-corrected chi connectivity index (χ4v) is 12.2. The van der Waals surface area contributed by atoms with Crippen LogP contribution in [0.25, 0.3) is 0 Å². The second kappa shape index (κ2) is 55.3. The van der Waals surface area contributed by atoms with Crippen molar-refractivity contribution in [2.45, 2.75) is 284 Å². The van der Waals surface area contributed by atoms with Crippen molar-refractivity contribution >= 4 is 29.8 Å². The van der Waals surface area contributed by atoms with Crippen molar-refractivity contribution in [1.82, 2.24) is 0 Å². The molecule has 3 aromatic rings. The number of methoxy groups -OCH3 is 2. The number of rotatable bonds is 49. The lowest BCUT2D eigenvalue weighted by Gasteiger charge is -2.28. The minimum atomic E-state index is -0.450. The lowest BCUT2D eigenvalue weighted by atomic mass is 9.77. The molecule has 0 radical (unpaired) electrons. The highest BCUT2D eigenvalue weighted by atomic mass is 16.6. The van der Waals surface area contributed by atoms with E-state index in [1.54, 1.807) is 25.3 Å². The molecule has 532 valence electrons. The number of ether oxygens (including phenoxy) is 9. The van der Waals surface area contributed by atoms with E-state index < -0.39 is 5.97 Å². The van der Waals surface area contributed by atoms with Crippen molar-refractivity contribution in [3.63, 3.8) is 0 Å². The van der Waals surface area contributed by atoms with E-state index in [9.17, 15) is 24.0 Å². The van der Waals surface area contributed by atoms with Gasteiger partial charge in [-0.15, -0.1) is 0 Å². The molecule has 0 aliphatic heterocycles. The average Bonchev–Trinajstić information content (AvgIpc) is 1.37. The van der Waals surface area contributed by atoms with Gasteiger partial charge in [0.2, 0.25) is 0 Å². The van der Waals surface area contributed by atoms with Crippen LogP contribution in [0.1, 0.15) is 305 Å². The fraction of sp³-hybridized carbons (Fsp3) is 0.709. The highest BCUT2D eigenvalue weighted by Gasteiger charge is 2.24. The summed E-state index contributed by atoms with van der Waals surface area (Å²) in [6.07, 6.45) is 38.2. The van der Waals surface area contributed by atoms with E-state index in [0.29, 0.717) is 63.3 Å². The van der Waals surface area contributed by atoms with E-state index in [1.165, 1.54) is 127 Å². The Kier molecular flexibility index (Phi) is 48.5. The summed E-state index contributed by atoms with van der Waals surface area (Å²) < 4.78 is 48.4. The maximum absolute atomic E-state index is 12.6. The molecular weight excluding hydrogens is 1190 g/mol. The Balaban J connectivity index is 0.000000394. The first-order chi connectivity index (χ1) is 46.0. The Morgan fingerprint density at radius 2 is 0.702 bits per heavy atom. The van der Waals surface area contributed by atoms with Crippen LogP contribution in [0.15, 0.2) is 66.7 Å². The smallest absolute Gasteiger partial charge is 0.342 e. The van der Waals surface area contributed by atoms with Crippen molar-refractivity contribution in [3.05, 3.63) is 83.4 Å². The lowest BCUT2D eigenvalue weighted by molar-refractivity contribution is -0.150. The van der Waals surface area contributed by atoms with Gasteiger partial charge in [0.1, 0.15) is 28.6 Å². The van der Waals surface area contributed by atoms with Crippen LogP contribution in [0.4, 0.5) is 0 Å². The number of aliphatic hydroxyl groups is 1. The predicted molar refractivity (Wildman–Crippen MR) is 375 cm³/mol. The first-order valence-corrected chi connectivity index (χ1v) is 37.0. The molecule has 0 unspecified atom stereocenters. The Morgan fingerprint density at radius 3 is 1.07 bits per heavy atom. The molecule has 0 amide bonds. The lowest BCUT2D eigenvalue weighted by Crippen LogP contribution is -2.13. The molecular formula is C79H126O15. The second-order valence-corrected chi connectivity index (χ2v) is 25.7. The highest BCUT2D eigenvalue weighted by Crippen LogP contribution is 2.39. The fourth-order valence-electron chi connectivity index (χ4n) is 12.2. The number of hydrogen-bond donors (Lipinski definition) is 1. The molecule has 0 saturated heterocycles. The molecule has 1 N–H and O–H groups in total. The number of benzene rings is 3. The van der Waals surface area contributed by atoms with Crippen molar-refractivity contribution in [3.8, 4) is 23.0 Å². The van der Waals surface area contributed by atoms with Crippen LogP contribution in [-0.4, -0.2) is 102 Å². The van der Waals surface area contributed by atoms with Gasteiger partial charge in [-0.05, 0) is 212 Å². The van der Waals surface area contributed by atoms with Gasteiger partial charge in [-0.2, -0.15) is 0 Å². The molecule has 5 rings (SSSR count). The number of hydrogen-bond acceptors (Lipinski definition) is 15. The van der Waals surface area contributed by atoms with E-state index in [1.807, 2.05) is 0 Å². The minimum absolute atomic E-state index is 0.0405. The Hall–Kier alpha value is -5.83. The maximum Gasteiger partial charge on any atom is 0.342 e. The Morgan fingerprint density at radius 1 is 0.362 bits per heavy atom.